The van der Waals surface area contributed by atoms with Crippen molar-refractivity contribution in [3.63, 3.8) is 0 Å². The lowest BCUT2D eigenvalue weighted by atomic mass is 10.1. The van der Waals surface area contributed by atoms with Crippen molar-refractivity contribution in [3.05, 3.63) is 58.3 Å². The van der Waals surface area contributed by atoms with Gasteiger partial charge in [0, 0.05) is 30.5 Å². The first-order valence-electron chi connectivity index (χ1n) is 8.36. The Labute approximate surface area is 168 Å². The molecule has 1 aromatic heterocycles. The van der Waals surface area contributed by atoms with Crippen molar-refractivity contribution in [2.45, 2.75) is 35.8 Å². The van der Waals surface area contributed by atoms with Gasteiger partial charge in [0.15, 0.2) is 5.58 Å². The third-order valence-corrected chi connectivity index (χ3v) is 6.79. The first-order valence-corrected chi connectivity index (χ1v) is 10.2. The van der Waals surface area contributed by atoms with Gasteiger partial charge in [0.2, 0.25) is 9.84 Å². The Kier molecular flexibility index (Phi) is 5.57. The fraction of sp³-hybridized carbons (Fsp3) is 0.263. The standard InChI is InChI=1S/C19H18ClNO4S.ClH/c1-11(22)13-4-2-3-5-18(13)26(23,24)12-8-14-15-10-21-7-6-17(15)25-19(14)16(20)9-12;/h2-5,8-9,11,21-22H,6-7,10H2,1H3;1H. The van der Waals surface area contributed by atoms with Crippen molar-refractivity contribution < 1.29 is 17.9 Å². The van der Waals surface area contributed by atoms with Crippen LogP contribution >= 0.6 is 24.0 Å². The number of benzene rings is 2. The highest BCUT2D eigenvalue weighted by Crippen LogP contribution is 2.37. The summed E-state index contributed by atoms with van der Waals surface area (Å²) in [7, 11) is -3.84. The van der Waals surface area contributed by atoms with Gasteiger partial charge in [-0.05, 0) is 30.7 Å². The minimum Gasteiger partial charge on any atom is -0.459 e. The molecule has 1 atom stereocenters. The van der Waals surface area contributed by atoms with Gasteiger partial charge in [0.25, 0.3) is 0 Å². The second-order valence-corrected chi connectivity index (χ2v) is 8.75. The number of furan rings is 1. The molecule has 0 spiro atoms. The summed E-state index contributed by atoms with van der Waals surface area (Å²) in [5.74, 6) is 0.847. The number of hydrogen-bond donors (Lipinski definition) is 2. The van der Waals surface area contributed by atoms with Crippen LogP contribution in [0.4, 0.5) is 0 Å². The molecule has 27 heavy (non-hydrogen) atoms. The minimum atomic E-state index is -3.84. The molecule has 0 saturated heterocycles. The maximum atomic E-state index is 13.2. The normalized spacial score (nSPS) is 15.2. The van der Waals surface area contributed by atoms with Crippen LogP contribution in [0.2, 0.25) is 5.02 Å². The van der Waals surface area contributed by atoms with Crippen LogP contribution in [0.5, 0.6) is 0 Å². The Morgan fingerprint density at radius 2 is 2.00 bits per heavy atom. The van der Waals surface area contributed by atoms with Crippen LogP contribution in [0.3, 0.4) is 0 Å². The van der Waals surface area contributed by atoms with Crippen LogP contribution in [-0.4, -0.2) is 20.1 Å². The van der Waals surface area contributed by atoms with Crippen molar-refractivity contribution in [3.8, 4) is 0 Å². The van der Waals surface area contributed by atoms with Gasteiger partial charge >= 0.3 is 0 Å². The lowest BCUT2D eigenvalue weighted by molar-refractivity contribution is 0.196. The molecule has 0 aliphatic carbocycles. The molecule has 4 rings (SSSR count). The van der Waals surface area contributed by atoms with E-state index in [1.807, 2.05) is 0 Å². The molecule has 1 unspecified atom stereocenters. The number of nitrogens with one attached hydrogen (secondary N) is 1. The molecular weight excluding hydrogens is 409 g/mol. The van der Waals surface area contributed by atoms with Crippen LogP contribution < -0.4 is 5.32 Å². The number of rotatable bonds is 3. The summed E-state index contributed by atoms with van der Waals surface area (Å²) in [4.78, 5) is 0.179. The number of hydrogen-bond acceptors (Lipinski definition) is 5. The maximum Gasteiger partial charge on any atom is 0.207 e. The van der Waals surface area contributed by atoms with Gasteiger partial charge in [-0.25, -0.2) is 8.42 Å². The van der Waals surface area contributed by atoms with Crippen molar-refractivity contribution in [1.82, 2.24) is 5.32 Å². The Hall–Kier alpha value is -1.57. The van der Waals surface area contributed by atoms with Crippen LogP contribution in [0.15, 0.2) is 50.6 Å². The number of aliphatic hydroxyl groups is 1. The first kappa shape index (κ1) is 20.2. The highest BCUT2D eigenvalue weighted by atomic mass is 35.5. The molecule has 0 saturated carbocycles. The van der Waals surface area contributed by atoms with Crippen LogP contribution in [0.25, 0.3) is 11.0 Å². The largest absolute Gasteiger partial charge is 0.459 e. The number of sulfone groups is 1. The molecule has 2 N–H and O–H groups in total. The molecule has 5 nitrogen and oxygen atoms in total. The van der Waals surface area contributed by atoms with E-state index < -0.39 is 15.9 Å². The van der Waals surface area contributed by atoms with Crippen molar-refractivity contribution in [2.24, 2.45) is 0 Å². The van der Waals surface area contributed by atoms with E-state index in [-0.39, 0.29) is 27.2 Å². The van der Waals surface area contributed by atoms with Crippen LogP contribution in [-0.2, 0) is 22.8 Å². The zero-order valence-corrected chi connectivity index (χ0v) is 16.9. The van der Waals surface area contributed by atoms with Gasteiger partial charge < -0.3 is 14.8 Å². The van der Waals surface area contributed by atoms with E-state index in [2.05, 4.69) is 5.32 Å². The zero-order chi connectivity index (χ0) is 18.5. The molecule has 0 fully saturated rings. The first-order chi connectivity index (χ1) is 12.4. The summed E-state index contributed by atoms with van der Waals surface area (Å²) in [6, 6.07) is 9.49. The average Bonchev–Trinajstić information content (AvgIpc) is 3.01. The summed E-state index contributed by atoms with van der Waals surface area (Å²) >= 11 is 6.35. The molecule has 8 heteroatoms. The Morgan fingerprint density at radius 1 is 1.26 bits per heavy atom. The summed E-state index contributed by atoms with van der Waals surface area (Å²) in [5, 5.41) is 14.2. The van der Waals surface area contributed by atoms with Gasteiger partial charge in [-0.15, -0.1) is 12.4 Å². The topological polar surface area (TPSA) is 79.5 Å². The molecule has 3 aromatic rings. The molecule has 1 aliphatic heterocycles. The van der Waals surface area contributed by atoms with E-state index in [1.54, 1.807) is 31.2 Å². The van der Waals surface area contributed by atoms with Gasteiger partial charge in [0.1, 0.15) is 5.76 Å². The maximum absolute atomic E-state index is 13.2. The number of halogens is 2. The lowest BCUT2D eigenvalue weighted by Gasteiger charge is -2.13. The van der Waals surface area contributed by atoms with E-state index in [1.165, 1.54) is 12.1 Å². The second kappa shape index (κ2) is 7.45. The van der Waals surface area contributed by atoms with Gasteiger partial charge in [-0.3, -0.25) is 0 Å². The Bertz CT molecular complexity index is 1110. The molecule has 0 amide bonds. The van der Waals surface area contributed by atoms with Crippen LogP contribution in [0, 0.1) is 0 Å². The minimum absolute atomic E-state index is 0. The molecule has 1 aliphatic rings. The molecule has 2 heterocycles. The van der Waals surface area contributed by atoms with E-state index in [4.69, 9.17) is 16.0 Å². The predicted molar refractivity (Wildman–Crippen MR) is 106 cm³/mol. The van der Waals surface area contributed by atoms with Crippen molar-refractivity contribution >= 4 is 44.8 Å². The fourth-order valence-electron chi connectivity index (χ4n) is 3.40. The highest BCUT2D eigenvalue weighted by molar-refractivity contribution is 7.91. The third kappa shape index (κ3) is 3.37. The SMILES string of the molecule is CC(O)c1ccccc1S(=O)(=O)c1cc(Cl)c2oc3c(c2c1)CNCC3.Cl. The van der Waals surface area contributed by atoms with E-state index >= 15 is 0 Å². The summed E-state index contributed by atoms with van der Waals surface area (Å²) in [5.41, 5.74) is 1.83. The zero-order valence-electron chi connectivity index (χ0n) is 14.5. The lowest BCUT2D eigenvalue weighted by Crippen LogP contribution is -2.22. The molecule has 2 aromatic carbocycles. The van der Waals surface area contributed by atoms with Crippen LogP contribution in [0.1, 0.15) is 29.9 Å². The summed E-state index contributed by atoms with van der Waals surface area (Å²) in [6.45, 7) is 2.98. The van der Waals surface area contributed by atoms with E-state index in [0.717, 1.165) is 24.3 Å². The van der Waals surface area contributed by atoms with Crippen molar-refractivity contribution in [2.75, 3.05) is 6.54 Å². The number of aliphatic hydroxyl groups excluding tert-OH is 1. The smallest absolute Gasteiger partial charge is 0.207 e. The summed E-state index contributed by atoms with van der Waals surface area (Å²) in [6.07, 6.45) is -0.154. The highest BCUT2D eigenvalue weighted by Gasteiger charge is 2.26. The van der Waals surface area contributed by atoms with Gasteiger partial charge in [-0.1, -0.05) is 29.8 Å². The third-order valence-electron chi connectivity index (χ3n) is 4.70. The summed E-state index contributed by atoms with van der Waals surface area (Å²) < 4.78 is 32.3. The molecule has 0 bridgehead atoms. The Balaban J connectivity index is 0.00000210. The van der Waals surface area contributed by atoms with E-state index in [0.29, 0.717) is 23.1 Å². The molecule has 0 radical (unpaired) electrons. The second-order valence-electron chi connectivity index (χ2n) is 6.43. The predicted octanol–water partition coefficient (Wildman–Crippen LogP) is 4.04. The molecular formula is C19H19Cl2NO4S. The van der Waals surface area contributed by atoms with Gasteiger partial charge in [0.05, 0.1) is 20.9 Å². The fourth-order valence-corrected chi connectivity index (χ4v) is 5.32. The average molecular weight is 428 g/mol. The van der Waals surface area contributed by atoms with Crippen molar-refractivity contribution in [1.29, 1.82) is 0 Å². The monoisotopic (exact) mass is 427 g/mol. The quantitative estimate of drug-likeness (QED) is 0.658. The number of fused-ring (bicyclic) bond motifs is 3. The Morgan fingerprint density at radius 3 is 2.74 bits per heavy atom. The molecule has 144 valence electrons. The van der Waals surface area contributed by atoms with E-state index in [9.17, 15) is 13.5 Å². The van der Waals surface area contributed by atoms with Gasteiger partial charge in [-0.2, -0.15) is 0 Å².